The van der Waals surface area contributed by atoms with Gasteiger partial charge in [-0.25, -0.2) is 0 Å². The van der Waals surface area contributed by atoms with Gasteiger partial charge >= 0.3 is 29.6 Å². The average molecular weight is 323 g/mol. The van der Waals surface area contributed by atoms with Crippen molar-refractivity contribution in [1.82, 2.24) is 0 Å². The van der Waals surface area contributed by atoms with Gasteiger partial charge in [0.1, 0.15) is 0 Å². The van der Waals surface area contributed by atoms with E-state index in [1.807, 2.05) is 54.6 Å². The molecule has 0 amide bonds. The normalized spacial score (nSPS) is 10.2. The van der Waals surface area contributed by atoms with Crippen LogP contribution in [0.1, 0.15) is 0 Å². The monoisotopic (exact) mass is 323 g/mol. The van der Waals surface area contributed by atoms with Crippen LogP contribution in [0.5, 0.6) is 5.75 Å². The zero-order chi connectivity index (χ0) is 14.7. The molecule has 0 aliphatic rings. The summed E-state index contributed by atoms with van der Waals surface area (Å²) in [5.74, 6) is 0.322. The van der Waals surface area contributed by atoms with Gasteiger partial charge in [0.25, 0.3) is 11.0 Å². The first-order chi connectivity index (χ1) is 10.2. The summed E-state index contributed by atoms with van der Waals surface area (Å²) in [5.41, 5.74) is 1.72. The minimum absolute atomic E-state index is 0. The van der Waals surface area contributed by atoms with Gasteiger partial charge in [-0.3, -0.25) is 0 Å². The molecule has 4 nitrogen and oxygen atoms in total. The Morgan fingerprint density at radius 3 is 2.18 bits per heavy atom. The van der Waals surface area contributed by atoms with Crippen LogP contribution in [0.25, 0.3) is 10.8 Å². The predicted molar refractivity (Wildman–Crippen MR) is 91.8 cm³/mol. The second kappa shape index (κ2) is 7.65. The van der Waals surface area contributed by atoms with Crippen molar-refractivity contribution in [2.45, 2.75) is 0 Å². The van der Waals surface area contributed by atoms with Gasteiger partial charge in [-0.15, -0.1) is 0 Å². The molecule has 108 valence electrons. The molecule has 3 aromatic rings. The van der Waals surface area contributed by atoms with Crippen LogP contribution in [0.3, 0.4) is 0 Å². The van der Waals surface area contributed by atoms with Crippen LogP contribution in [0, 0.1) is 0 Å². The molecule has 0 radical (unpaired) electrons. The third-order valence-corrected chi connectivity index (χ3v) is 3.44. The van der Waals surface area contributed by atoms with Crippen LogP contribution in [-0.4, -0.2) is 38.0 Å². The van der Waals surface area contributed by atoms with Crippen LogP contribution in [0.2, 0.25) is 0 Å². The Morgan fingerprint density at radius 1 is 0.818 bits per heavy atom. The molecule has 0 bridgehead atoms. The quantitative estimate of drug-likeness (QED) is 0.573. The summed E-state index contributed by atoms with van der Waals surface area (Å²) >= 11 is 0. The van der Waals surface area contributed by atoms with Gasteiger partial charge in [0.15, 0.2) is 5.75 Å². The fourth-order valence-electron chi connectivity index (χ4n) is 2.24. The Morgan fingerprint density at radius 2 is 1.50 bits per heavy atom. The molecular formula is C16H14NNaO3S. The summed E-state index contributed by atoms with van der Waals surface area (Å²) in [5, 5.41) is 4.93. The second-order valence-electron chi connectivity index (χ2n) is 4.47. The molecule has 6 heteroatoms. The number of nitrogens with one attached hydrogen (secondary N) is 1. The molecule has 0 unspecified atom stereocenters. The zero-order valence-electron chi connectivity index (χ0n) is 11.0. The summed E-state index contributed by atoms with van der Waals surface area (Å²) in [6.07, 6.45) is 0. The van der Waals surface area contributed by atoms with Crippen LogP contribution in [0.4, 0.5) is 11.4 Å². The third kappa shape index (κ3) is 3.81. The Kier molecular flexibility index (Phi) is 5.85. The molecule has 3 aromatic carbocycles. The molecule has 0 saturated carbocycles. The molecule has 0 atom stereocenters. The van der Waals surface area contributed by atoms with E-state index in [1.165, 1.54) is 0 Å². The van der Waals surface area contributed by atoms with E-state index in [9.17, 15) is 8.42 Å². The van der Waals surface area contributed by atoms with Gasteiger partial charge in [-0.1, -0.05) is 42.5 Å². The number of para-hydroxylation sites is 1. The Hall–Kier alpha value is -1.53. The van der Waals surface area contributed by atoms with Gasteiger partial charge in [0, 0.05) is 11.1 Å². The Bertz CT molecular complexity index is 837. The predicted octanol–water partition coefficient (Wildman–Crippen LogP) is 2.84. The topological polar surface area (TPSA) is 55.4 Å². The van der Waals surface area contributed by atoms with Gasteiger partial charge in [0.05, 0.1) is 5.69 Å². The fourth-order valence-corrected chi connectivity index (χ4v) is 2.56. The van der Waals surface area contributed by atoms with E-state index in [2.05, 4.69) is 5.32 Å². The van der Waals surface area contributed by atoms with Crippen molar-refractivity contribution in [3.63, 3.8) is 0 Å². The summed E-state index contributed by atoms with van der Waals surface area (Å²) in [4.78, 5) is 0. The molecule has 0 saturated heterocycles. The van der Waals surface area contributed by atoms with E-state index in [0.29, 0.717) is 5.75 Å². The number of benzene rings is 3. The van der Waals surface area contributed by atoms with Gasteiger partial charge in [-0.2, -0.15) is 8.42 Å². The van der Waals surface area contributed by atoms with Crippen molar-refractivity contribution in [2.75, 3.05) is 5.32 Å². The molecule has 0 aliphatic carbocycles. The first-order valence-corrected chi connectivity index (χ1v) is 7.50. The standard InChI is InChI=1S/C16H13NO3S.Na.H/c18-21(19)20-15-11-5-7-12-6-4-10-14(16(12)15)17-13-8-2-1-3-9-13;;/h1-11,17,21H;;. The van der Waals surface area contributed by atoms with Crippen molar-refractivity contribution in [3.8, 4) is 5.75 Å². The molecule has 0 heterocycles. The number of rotatable bonds is 4. The minimum atomic E-state index is -2.95. The van der Waals surface area contributed by atoms with Crippen molar-refractivity contribution in [3.05, 3.63) is 66.7 Å². The molecule has 1 N–H and O–H groups in total. The van der Waals surface area contributed by atoms with Crippen LogP contribution in [0.15, 0.2) is 66.7 Å². The molecule has 0 fully saturated rings. The Balaban J connectivity index is 0.00000176. The van der Waals surface area contributed by atoms with Crippen molar-refractivity contribution in [1.29, 1.82) is 0 Å². The number of anilines is 2. The first-order valence-electron chi connectivity index (χ1n) is 6.40. The second-order valence-corrected chi connectivity index (χ2v) is 5.10. The summed E-state index contributed by atoms with van der Waals surface area (Å²) < 4.78 is 26.7. The van der Waals surface area contributed by atoms with Gasteiger partial charge in [0.2, 0.25) is 0 Å². The number of fused-ring (bicyclic) bond motifs is 1. The fraction of sp³-hybridized carbons (Fsp3) is 0. The molecule has 22 heavy (non-hydrogen) atoms. The van der Waals surface area contributed by atoms with Gasteiger partial charge in [-0.05, 0) is 29.7 Å². The number of thiol groups is 1. The van der Waals surface area contributed by atoms with Gasteiger partial charge < -0.3 is 9.50 Å². The van der Waals surface area contributed by atoms with E-state index in [4.69, 9.17) is 4.18 Å². The zero-order valence-corrected chi connectivity index (χ0v) is 11.9. The maximum atomic E-state index is 10.9. The van der Waals surface area contributed by atoms with E-state index >= 15 is 0 Å². The molecule has 0 spiro atoms. The number of hydrogen-bond donors (Lipinski definition) is 2. The maximum absolute atomic E-state index is 10.9. The molecular weight excluding hydrogens is 309 g/mol. The third-order valence-electron chi connectivity index (χ3n) is 3.09. The molecule has 3 rings (SSSR count). The van der Waals surface area contributed by atoms with E-state index in [1.54, 1.807) is 12.1 Å². The van der Waals surface area contributed by atoms with E-state index < -0.39 is 11.0 Å². The SMILES string of the molecule is O=[SH](=O)Oc1cccc2cccc(Nc3ccccc3)c12.[NaH]. The average Bonchev–Trinajstić information content (AvgIpc) is 2.48. The van der Waals surface area contributed by atoms with Crippen LogP contribution in [-0.2, 0) is 11.0 Å². The van der Waals surface area contributed by atoms with Crippen LogP contribution >= 0.6 is 0 Å². The molecule has 0 aliphatic heterocycles. The summed E-state index contributed by atoms with van der Waals surface area (Å²) in [6.45, 7) is 0. The van der Waals surface area contributed by atoms with Crippen LogP contribution < -0.4 is 9.50 Å². The first kappa shape index (κ1) is 16.8. The summed E-state index contributed by atoms with van der Waals surface area (Å²) in [6, 6.07) is 20.7. The van der Waals surface area contributed by atoms with E-state index in [0.717, 1.165) is 22.1 Å². The van der Waals surface area contributed by atoms with Crippen molar-refractivity contribution < 1.29 is 12.6 Å². The number of hydrogen-bond acceptors (Lipinski definition) is 4. The van der Waals surface area contributed by atoms with Crippen molar-refractivity contribution in [2.24, 2.45) is 0 Å². The Labute approximate surface area is 152 Å². The van der Waals surface area contributed by atoms with Crippen molar-refractivity contribution >= 4 is 62.7 Å². The molecule has 0 aromatic heterocycles. The summed E-state index contributed by atoms with van der Waals surface area (Å²) in [7, 11) is -2.95. The van der Waals surface area contributed by atoms with E-state index in [-0.39, 0.29) is 29.6 Å².